The maximum absolute atomic E-state index is 9.83. The molecule has 0 saturated carbocycles. The lowest BCUT2D eigenvalue weighted by Crippen LogP contribution is -2.01. The van der Waals surface area contributed by atoms with Crippen LogP contribution in [0, 0.1) is 0 Å². The van der Waals surface area contributed by atoms with Crippen molar-refractivity contribution in [2.75, 3.05) is 19.0 Å². The SMILES string of the molecule is CCOc1cc(NCc2cc(Br)ccc2O)ccc1OC. The number of halogens is 1. The highest BCUT2D eigenvalue weighted by Gasteiger charge is 2.06. The quantitative estimate of drug-likeness (QED) is 0.819. The molecule has 0 unspecified atom stereocenters. The zero-order valence-electron chi connectivity index (χ0n) is 12.0. The van der Waals surface area contributed by atoms with Gasteiger partial charge in [-0.05, 0) is 37.3 Å². The molecular weight excluding hydrogens is 334 g/mol. The number of ether oxygens (including phenoxy) is 2. The first-order valence-corrected chi connectivity index (χ1v) is 7.45. The molecule has 2 aromatic rings. The van der Waals surface area contributed by atoms with Gasteiger partial charge in [0.2, 0.25) is 0 Å². The van der Waals surface area contributed by atoms with E-state index >= 15 is 0 Å². The van der Waals surface area contributed by atoms with Crippen LogP contribution in [-0.4, -0.2) is 18.8 Å². The van der Waals surface area contributed by atoms with Gasteiger partial charge in [0, 0.05) is 28.3 Å². The molecular formula is C16H18BrNO3. The summed E-state index contributed by atoms with van der Waals surface area (Å²) in [5.41, 5.74) is 1.72. The molecule has 0 fully saturated rings. The van der Waals surface area contributed by atoms with Gasteiger partial charge in [0.15, 0.2) is 11.5 Å². The van der Waals surface area contributed by atoms with Crippen LogP contribution >= 0.6 is 15.9 Å². The molecule has 2 aromatic carbocycles. The molecule has 0 aliphatic carbocycles. The normalized spacial score (nSPS) is 10.2. The van der Waals surface area contributed by atoms with Crippen molar-refractivity contribution in [2.45, 2.75) is 13.5 Å². The summed E-state index contributed by atoms with van der Waals surface area (Å²) in [6.45, 7) is 3.02. The van der Waals surface area contributed by atoms with E-state index in [0.29, 0.717) is 24.7 Å². The average Bonchev–Trinajstić information content (AvgIpc) is 2.49. The lowest BCUT2D eigenvalue weighted by molar-refractivity contribution is 0.311. The highest BCUT2D eigenvalue weighted by atomic mass is 79.9. The van der Waals surface area contributed by atoms with Crippen LogP contribution in [0.15, 0.2) is 40.9 Å². The van der Waals surface area contributed by atoms with Gasteiger partial charge < -0.3 is 19.9 Å². The number of methoxy groups -OCH3 is 1. The Morgan fingerprint density at radius 1 is 1.14 bits per heavy atom. The Hall–Kier alpha value is -1.88. The van der Waals surface area contributed by atoms with Crippen LogP contribution in [0.4, 0.5) is 5.69 Å². The van der Waals surface area contributed by atoms with Crippen LogP contribution in [0.3, 0.4) is 0 Å². The Morgan fingerprint density at radius 2 is 1.95 bits per heavy atom. The molecule has 0 aliphatic rings. The van der Waals surface area contributed by atoms with E-state index in [1.165, 1.54) is 0 Å². The van der Waals surface area contributed by atoms with E-state index in [4.69, 9.17) is 9.47 Å². The van der Waals surface area contributed by atoms with Crippen LogP contribution < -0.4 is 14.8 Å². The highest BCUT2D eigenvalue weighted by molar-refractivity contribution is 9.10. The molecule has 21 heavy (non-hydrogen) atoms. The maximum Gasteiger partial charge on any atom is 0.163 e. The van der Waals surface area contributed by atoms with Gasteiger partial charge >= 0.3 is 0 Å². The lowest BCUT2D eigenvalue weighted by atomic mass is 10.2. The second-order valence-electron chi connectivity index (χ2n) is 4.43. The summed E-state index contributed by atoms with van der Waals surface area (Å²) < 4.78 is 11.7. The number of aromatic hydroxyl groups is 1. The summed E-state index contributed by atoms with van der Waals surface area (Å²) in [5.74, 6) is 1.67. The van der Waals surface area contributed by atoms with Crippen molar-refractivity contribution in [1.29, 1.82) is 0 Å². The van der Waals surface area contributed by atoms with Gasteiger partial charge in [-0.3, -0.25) is 0 Å². The van der Waals surface area contributed by atoms with Gasteiger partial charge in [0.25, 0.3) is 0 Å². The molecule has 0 aromatic heterocycles. The van der Waals surface area contributed by atoms with Gasteiger partial charge in [-0.15, -0.1) is 0 Å². The third kappa shape index (κ3) is 4.04. The first-order chi connectivity index (χ1) is 10.1. The average molecular weight is 352 g/mol. The Bertz CT molecular complexity index is 616. The smallest absolute Gasteiger partial charge is 0.163 e. The van der Waals surface area contributed by atoms with Gasteiger partial charge in [-0.25, -0.2) is 0 Å². The molecule has 4 nitrogen and oxygen atoms in total. The minimum absolute atomic E-state index is 0.268. The van der Waals surface area contributed by atoms with Gasteiger partial charge in [0.1, 0.15) is 5.75 Å². The molecule has 0 saturated heterocycles. The van der Waals surface area contributed by atoms with E-state index in [9.17, 15) is 5.11 Å². The largest absolute Gasteiger partial charge is 0.508 e. The third-order valence-electron chi connectivity index (χ3n) is 2.99. The minimum atomic E-state index is 0.268. The summed E-state index contributed by atoms with van der Waals surface area (Å²) in [5, 5.41) is 13.1. The Kier molecular flexibility index (Phi) is 5.33. The molecule has 0 bridgehead atoms. The van der Waals surface area contributed by atoms with Crippen molar-refractivity contribution in [3.05, 3.63) is 46.4 Å². The van der Waals surface area contributed by atoms with Crippen LogP contribution in [0.25, 0.3) is 0 Å². The van der Waals surface area contributed by atoms with E-state index in [-0.39, 0.29) is 5.75 Å². The second-order valence-corrected chi connectivity index (χ2v) is 5.34. The second kappa shape index (κ2) is 7.22. The van der Waals surface area contributed by atoms with Crippen LogP contribution in [0.2, 0.25) is 0 Å². The molecule has 0 atom stereocenters. The Morgan fingerprint density at radius 3 is 2.67 bits per heavy atom. The first kappa shape index (κ1) is 15.5. The lowest BCUT2D eigenvalue weighted by Gasteiger charge is -2.13. The van der Waals surface area contributed by atoms with E-state index in [1.807, 2.05) is 31.2 Å². The Balaban J connectivity index is 2.12. The summed E-state index contributed by atoms with van der Waals surface area (Å²) in [6, 6.07) is 11.0. The standard InChI is InChI=1S/C16H18BrNO3/c1-3-21-16-9-13(5-7-15(16)20-2)18-10-11-8-12(17)4-6-14(11)19/h4-9,18-19H,3,10H2,1-2H3. The van der Waals surface area contributed by atoms with Crippen LogP contribution in [0.5, 0.6) is 17.2 Å². The molecule has 0 aliphatic heterocycles. The number of rotatable bonds is 6. The van der Waals surface area contributed by atoms with Crippen molar-refractivity contribution in [3.63, 3.8) is 0 Å². The fraction of sp³-hybridized carbons (Fsp3) is 0.250. The number of anilines is 1. The zero-order chi connectivity index (χ0) is 15.2. The molecule has 0 spiro atoms. The van der Waals surface area contributed by atoms with E-state index in [0.717, 1.165) is 15.7 Å². The van der Waals surface area contributed by atoms with Crippen molar-refractivity contribution in [1.82, 2.24) is 0 Å². The predicted octanol–water partition coefficient (Wildman–Crippen LogP) is 4.17. The van der Waals surface area contributed by atoms with Gasteiger partial charge in [0.05, 0.1) is 13.7 Å². The number of phenols is 1. The molecule has 112 valence electrons. The maximum atomic E-state index is 9.83. The third-order valence-corrected chi connectivity index (χ3v) is 3.48. The molecule has 5 heteroatoms. The predicted molar refractivity (Wildman–Crippen MR) is 87.3 cm³/mol. The monoisotopic (exact) mass is 351 g/mol. The van der Waals surface area contributed by atoms with Crippen molar-refractivity contribution < 1.29 is 14.6 Å². The highest BCUT2D eigenvalue weighted by Crippen LogP contribution is 2.31. The van der Waals surface area contributed by atoms with Crippen LogP contribution in [-0.2, 0) is 6.54 Å². The van der Waals surface area contributed by atoms with Crippen molar-refractivity contribution >= 4 is 21.6 Å². The summed E-state index contributed by atoms with van der Waals surface area (Å²) in [4.78, 5) is 0. The van der Waals surface area contributed by atoms with Crippen molar-refractivity contribution in [2.24, 2.45) is 0 Å². The van der Waals surface area contributed by atoms with Gasteiger partial charge in [-0.2, -0.15) is 0 Å². The van der Waals surface area contributed by atoms with E-state index in [1.54, 1.807) is 19.2 Å². The fourth-order valence-electron chi connectivity index (χ4n) is 1.95. The summed E-state index contributed by atoms with van der Waals surface area (Å²) >= 11 is 3.40. The first-order valence-electron chi connectivity index (χ1n) is 6.66. The zero-order valence-corrected chi connectivity index (χ0v) is 13.6. The number of nitrogens with one attached hydrogen (secondary N) is 1. The number of phenolic OH excluding ortho intramolecular Hbond substituents is 1. The van der Waals surface area contributed by atoms with Crippen LogP contribution in [0.1, 0.15) is 12.5 Å². The van der Waals surface area contributed by atoms with E-state index < -0.39 is 0 Å². The molecule has 0 amide bonds. The number of hydrogen-bond donors (Lipinski definition) is 2. The molecule has 2 N–H and O–H groups in total. The number of hydrogen-bond acceptors (Lipinski definition) is 4. The van der Waals surface area contributed by atoms with Gasteiger partial charge in [-0.1, -0.05) is 15.9 Å². The Labute approximate surface area is 132 Å². The van der Waals surface area contributed by atoms with Crippen molar-refractivity contribution in [3.8, 4) is 17.2 Å². The molecule has 0 heterocycles. The fourth-order valence-corrected chi connectivity index (χ4v) is 2.36. The summed E-state index contributed by atoms with van der Waals surface area (Å²) in [7, 11) is 1.62. The molecule has 0 radical (unpaired) electrons. The molecule has 2 rings (SSSR count). The minimum Gasteiger partial charge on any atom is -0.508 e. The topological polar surface area (TPSA) is 50.7 Å². The summed E-state index contributed by atoms with van der Waals surface area (Å²) in [6.07, 6.45) is 0. The number of benzene rings is 2. The van der Waals surface area contributed by atoms with E-state index in [2.05, 4.69) is 21.2 Å².